The molecule has 4 aromatic rings. The predicted molar refractivity (Wildman–Crippen MR) is 126 cm³/mol. The molecule has 8 heteroatoms. The summed E-state index contributed by atoms with van der Waals surface area (Å²) < 4.78 is 2.06. The van der Waals surface area contributed by atoms with E-state index >= 15 is 0 Å². The van der Waals surface area contributed by atoms with E-state index in [4.69, 9.17) is 4.98 Å². The summed E-state index contributed by atoms with van der Waals surface area (Å²) in [5.41, 5.74) is 4.88. The third-order valence-electron chi connectivity index (χ3n) is 6.01. The Morgan fingerprint density at radius 2 is 1.91 bits per heavy atom. The molecule has 1 aliphatic rings. The van der Waals surface area contributed by atoms with Crippen LogP contribution in [0.1, 0.15) is 38.2 Å². The Morgan fingerprint density at radius 1 is 1.03 bits per heavy atom. The van der Waals surface area contributed by atoms with Gasteiger partial charge in [-0.25, -0.2) is 4.98 Å². The molecule has 5 heterocycles. The fraction of sp³-hybridized carbons (Fsp3) is 0.375. The van der Waals surface area contributed by atoms with E-state index in [-0.39, 0.29) is 0 Å². The third kappa shape index (κ3) is 4.60. The molecule has 0 saturated carbocycles. The second-order valence-electron chi connectivity index (χ2n) is 8.76. The van der Waals surface area contributed by atoms with Gasteiger partial charge < -0.3 is 10.6 Å². The minimum absolute atomic E-state index is 0.387. The van der Waals surface area contributed by atoms with Crippen LogP contribution in [0.2, 0.25) is 0 Å². The Hall–Kier alpha value is -3.39. The molecule has 1 aliphatic heterocycles. The van der Waals surface area contributed by atoms with E-state index < -0.39 is 0 Å². The molecule has 5 rings (SSSR count). The average molecular weight is 429 g/mol. The molecule has 164 valence electrons. The molecule has 0 unspecified atom stereocenters. The number of nitrogens with one attached hydrogen (secondary N) is 2. The maximum absolute atomic E-state index is 4.76. The second-order valence-corrected chi connectivity index (χ2v) is 8.76. The molecule has 8 nitrogen and oxygen atoms in total. The lowest BCUT2D eigenvalue weighted by Gasteiger charge is -2.22. The molecule has 2 N–H and O–H groups in total. The summed E-state index contributed by atoms with van der Waals surface area (Å²) in [6.45, 7) is 7.44. The molecule has 0 atom stereocenters. The zero-order valence-corrected chi connectivity index (χ0v) is 18.5. The average Bonchev–Trinajstić information content (AvgIpc) is 3.28. The van der Waals surface area contributed by atoms with E-state index in [1.54, 1.807) is 6.20 Å². The summed E-state index contributed by atoms with van der Waals surface area (Å²) >= 11 is 0. The van der Waals surface area contributed by atoms with Gasteiger partial charge in [0.15, 0.2) is 5.82 Å². The smallest absolute Gasteiger partial charge is 0.154 e. The summed E-state index contributed by atoms with van der Waals surface area (Å²) in [5, 5.41) is 19.5. The lowest BCUT2D eigenvalue weighted by Crippen LogP contribution is -2.29. The Balaban J connectivity index is 1.36. The van der Waals surface area contributed by atoms with Crippen LogP contribution in [0.3, 0.4) is 0 Å². The number of anilines is 2. The zero-order chi connectivity index (χ0) is 21.9. The molecule has 1 saturated heterocycles. The van der Waals surface area contributed by atoms with Crippen molar-refractivity contribution in [3.63, 3.8) is 0 Å². The quantitative estimate of drug-likeness (QED) is 0.476. The Bertz CT molecular complexity index is 1210. The van der Waals surface area contributed by atoms with E-state index in [2.05, 4.69) is 61.7 Å². The van der Waals surface area contributed by atoms with Gasteiger partial charge >= 0.3 is 0 Å². The highest BCUT2D eigenvalue weighted by Crippen LogP contribution is 2.24. The number of hydrogen-bond acceptors (Lipinski definition) is 7. The van der Waals surface area contributed by atoms with Gasteiger partial charge in [0.25, 0.3) is 0 Å². The van der Waals surface area contributed by atoms with Gasteiger partial charge in [-0.3, -0.25) is 9.67 Å². The topological polar surface area (TPSA) is 93.4 Å². The molecule has 4 aromatic heterocycles. The van der Waals surface area contributed by atoms with Crippen molar-refractivity contribution in [2.45, 2.75) is 39.2 Å². The number of hydrogen-bond donors (Lipinski definition) is 2. The van der Waals surface area contributed by atoms with E-state index in [9.17, 15) is 0 Å². The molecule has 0 aromatic carbocycles. The number of piperidine rings is 1. The van der Waals surface area contributed by atoms with Gasteiger partial charge in [-0.15, -0.1) is 5.10 Å². The fourth-order valence-corrected chi connectivity index (χ4v) is 4.07. The maximum Gasteiger partial charge on any atom is 0.154 e. The van der Waals surface area contributed by atoms with Crippen LogP contribution in [0.4, 0.5) is 11.6 Å². The summed E-state index contributed by atoms with van der Waals surface area (Å²) in [6.07, 6.45) is 10.1. The first kappa shape index (κ1) is 20.5. The van der Waals surface area contributed by atoms with Crippen molar-refractivity contribution in [2.24, 2.45) is 5.92 Å². The molecule has 1 fully saturated rings. The number of nitrogens with zero attached hydrogens (tertiary/aromatic N) is 6. The van der Waals surface area contributed by atoms with E-state index in [1.807, 2.05) is 30.6 Å². The third-order valence-corrected chi connectivity index (χ3v) is 6.01. The van der Waals surface area contributed by atoms with Gasteiger partial charge in [0.2, 0.25) is 0 Å². The molecular formula is C24H28N8. The van der Waals surface area contributed by atoms with Crippen LogP contribution in [-0.2, 0) is 6.54 Å². The van der Waals surface area contributed by atoms with Crippen molar-refractivity contribution in [3.05, 3.63) is 54.6 Å². The standard InChI is InChI=1S/C24H28N8/c1-16(2)18-10-24(31-27-12-18)30-23-4-3-21-22(29-23)9-19(11-26-21)20-13-28-32(15-20)14-17-5-7-25-8-6-17/h3-4,9-13,15-17,25H,5-8,14H2,1-2H3,(H,29,30,31). The van der Waals surface area contributed by atoms with Crippen LogP contribution in [0.5, 0.6) is 0 Å². The van der Waals surface area contributed by atoms with Crippen LogP contribution in [0, 0.1) is 5.92 Å². The first-order chi connectivity index (χ1) is 15.6. The molecule has 0 bridgehead atoms. The van der Waals surface area contributed by atoms with Crippen molar-refractivity contribution in [3.8, 4) is 11.1 Å². The fourth-order valence-electron chi connectivity index (χ4n) is 4.07. The number of aromatic nitrogens is 6. The second kappa shape index (κ2) is 9.00. The van der Waals surface area contributed by atoms with Gasteiger partial charge in [-0.2, -0.15) is 10.2 Å². The molecule has 32 heavy (non-hydrogen) atoms. The van der Waals surface area contributed by atoms with Crippen LogP contribution >= 0.6 is 0 Å². The lowest BCUT2D eigenvalue weighted by molar-refractivity contribution is 0.321. The summed E-state index contributed by atoms with van der Waals surface area (Å²) in [6, 6.07) is 7.95. The Kier molecular flexibility index (Phi) is 5.77. The summed E-state index contributed by atoms with van der Waals surface area (Å²) in [5.74, 6) is 2.48. The van der Waals surface area contributed by atoms with Crippen LogP contribution in [0.15, 0.2) is 49.1 Å². The van der Waals surface area contributed by atoms with Crippen molar-refractivity contribution < 1.29 is 0 Å². The highest BCUT2D eigenvalue weighted by Gasteiger charge is 2.14. The Labute approximate surface area is 187 Å². The highest BCUT2D eigenvalue weighted by molar-refractivity contribution is 5.81. The van der Waals surface area contributed by atoms with E-state index in [0.29, 0.717) is 23.5 Å². The first-order valence-corrected chi connectivity index (χ1v) is 11.2. The normalized spacial score (nSPS) is 14.8. The highest BCUT2D eigenvalue weighted by atomic mass is 15.3. The zero-order valence-electron chi connectivity index (χ0n) is 18.5. The van der Waals surface area contributed by atoms with Crippen LogP contribution < -0.4 is 10.6 Å². The van der Waals surface area contributed by atoms with Crippen molar-refractivity contribution >= 4 is 22.7 Å². The predicted octanol–water partition coefficient (Wildman–Crippen LogP) is 4.15. The monoisotopic (exact) mass is 428 g/mol. The maximum atomic E-state index is 4.76. The summed E-state index contributed by atoms with van der Waals surface area (Å²) in [4.78, 5) is 9.36. The van der Waals surface area contributed by atoms with Gasteiger partial charge in [-0.1, -0.05) is 13.8 Å². The molecular weight excluding hydrogens is 400 g/mol. The van der Waals surface area contributed by atoms with Gasteiger partial charge in [0.1, 0.15) is 5.82 Å². The van der Waals surface area contributed by atoms with Crippen molar-refractivity contribution in [1.82, 2.24) is 35.3 Å². The van der Waals surface area contributed by atoms with Gasteiger partial charge in [0, 0.05) is 30.1 Å². The van der Waals surface area contributed by atoms with E-state index in [0.717, 1.165) is 47.4 Å². The minimum atomic E-state index is 0.387. The lowest BCUT2D eigenvalue weighted by atomic mass is 9.98. The number of fused-ring (bicyclic) bond motifs is 1. The van der Waals surface area contributed by atoms with Crippen molar-refractivity contribution in [1.29, 1.82) is 0 Å². The molecule has 0 spiro atoms. The number of rotatable bonds is 6. The van der Waals surface area contributed by atoms with Crippen LogP contribution in [-0.4, -0.2) is 43.0 Å². The summed E-state index contributed by atoms with van der Waals surface area (Å²) in [7, 11) is 0. The van der Waals surface area contributed by atoms with E-state index in [1.165, 1.54) is 12.8 Å². The molecule has 0 amide bonds. The first-order valence-electron chi connectivity index (χ1n) is 11.2. The molecule has 0 aliphatic carbocycles. The van der Waals surface area contributed by atoms with Gasteiger partial charge in [0.05, 0.1) is 23.4 Å². The largest absolute Gasteiger partial charge is 0.323 e. The van der Waals surface area contributed by atoms with Crippen LogP contribution in [0.25, 0.3) is 22.2 Å². The number of pyridine rings is 2. The Morgan fingerprint density at radius 3 is 2.75 bits per heavy atom. The minimum Gasteiger partial charge on any atom is -0.323 e. The SMILES string of the molecule is CC(C)c1cnnc(Nc2ccc3ncc(-c4cnn(CC5CCNCC5)c4)cc3n2)c1. The van der Waals surface area contributed by atoms with Gasteiger partial charge in [-0.05, 0) is 67.6 Å². The molecule has 0 radical (unpaired) electrons. The van der Waals surface area contributed by atoms with Crippen molar-refractivity contribution in [2.75, 3.05) is 18.4 Å².